The van der Waals surface area contributed by atoms with Crippen molar-refractivity contribution in [3.05, 3.63) is 35.9 Å². The van der Waals surface area contributed by atoms with Crippen LogP contribution in [-0.4, -0.2) is 13.2 Å². The van der Waals surface area contributed by atoms with E-state index in [0.717, 1.165) is 13.2 Å². The summed E-state index contributed by atoms with van der Waals surface area (Å²) >= 11 is 0. The second kappa shape index (κ2) is 29.4. The fraction of sp³-hybridized carbons (Fsp3) is 0.786. The normalized spacial score (nSPS) is 9.97. The van der Waals surface area contributed by atoms with Crippen LogP contribution in [0.1, 0.15) is 130 Å². The number of hydrogen-bond donors (Lipinski definition) is 0. The molecule has 0 fully saturated rings. The summed E-state index contributed by atoms with van der Waals surface area (Å²) in [6.45, 7) is 12.2. The van der Waals surface area contributed by atoms with Crippen molar-refractivity contribution < 1.29 is 4.74 Å². The SMILES string of the molecule is CC.CC.CCCCCOCCCCCCCCCCCCCc1ccccc1. The Hall–Kier alpha value is -0.820. The van der Waals surface area contributed by atoms with Gasteiger partial charge in [0, 0.05) is 13.2 Å². The minimum Gasteiger partial charge on any atom is -0.381 e. The molecule has 1 rings (SSSR count). The van der Waals surface area contributed by atoms with Crippen molar-refractivity contribution in [2.45, 2.75) is 131 Å². The van der Waals surface area contributed by atoms with E-state index in [-0.39, 0.29) is 0 Å². The predicted octanol–water partition coefficient (Wildman–Crippen LogP) is 9.78. The number of unbranched alkanes of at least 4 members (excludes halogenated alkanes) is 12. The molecule has 1 nitrogen and oxygen atoms in total. The van der Waals surface area contributed by atoms with Crippen LogP contribution in [0.5, 0.6) is 0 Å². The first-order chi connectivity index (χ1) is 14.4. The molecule has 0 atom stereocenters. The summed E-state index contributed by atoms with van der Waals surface area (Å²) in [5.41, 5.74) is 1.49. The van der Waals surface area contributed by atoms with Crippen LogP contribution in [0.2, 0.25) is 0 Å². The van der Waals surface area contributed by atoms with Crippen LogP contribution < -0.4 is 0 Å². The summed E-state index contributed by atoms with van der Waals surface area (Å²) in [4.78, 5) is 0. The Morgan fingerprint density at radius 3 is 1.41 bits per heavy atom. The Morgan fingerprint density at radius 1 is 0.517 bits per heavy atom. The third-order valence-corrected chi connectivity index (χ3v) is 4.99. The van der Waals surface area contributed by atoms with Crippen molar-refractivity contribution in [1.82, 2.24) is 0 Å². The zero-order valence-corrected chi connectivity index (χ0v) is 20.8. The summed E-state index contributed by atoms with van der Waals surface area (Å²) in [7, 11) is 0. The molecule has 1 aromatic rings. The van der Waals surface area contributed by atoms with Gasteiger partial charge in [0.25, 0.3) is 0 Å². The number of ether oxygens (including phenoxy) is 1. The highest BCUT2D eigenvalue weighted by atomic mass is 16.5. The molecule has 0 aliphatic heterocycles. The molecular weight excluding hydrogens is 352 g/mol. The first-order valence-electron chi connectivity index (χ1n) is 13.0. The molecule has 0 saturated heterocycles. The van der Waals surface area contributed by atoms with Crippen LogP contribution in [0.4, 0.5) is 0 Å². The molecule has 0 aliphatic carbocycles. The second-order valence-corrected chi connectivity index (χ2v) is 7.44. The lowest BCUT2D eigenvalue weighted by Crippen LogP contribution is -1.96. The first kappa shape index (κ1) is 30.4. The Balaban J connectivity index is 0. The van der Waals surface area contributed by atoms with E-state index in [2.05, 4.69) is 37.3 Å². The van der Waals surface area contributed by atoms with E-state index < -0.39 is 0 Å². The molecule has 1 aromatic carbocycles. The summed E-state index contributed by atoms with van der Waals surface area (Å²) < 4.78 is 5.66. The van der Waals surface area contributed by atoms with Crippen molar-refractivity contribution in [3.63, 3.8) is 0 Å². The molecule has 29 heavy (non-hydrogen) atoms. The lowest BCUT2D eigenvalue weighted by atomic mass is 10.0. The van der Waals surface area contributed by atoms with Gasteiger partial charge in [0.2, 0.25) is 0 Å². The van der Waals surface area contributed by atoms with Crippen LogP contribution in [0, 0.1) is 0 Å². The molecular formula is C28H54O. The molecule has 0 unspecified atom stereocenters. The van der Waals surface area contributed by atoms with Crippen molar-refractivity contribution >= 4 is 0 Å². The molecule has 1 heteroatoms. The third-order valence-electron chi connectivity index (χ3n) is 4.99. The van der Waals surface area contributed by atoms with Gasteiger partial charge in [-0.15, -0.1) is 0 Å². The van der Waals surface area contributed by atoms with Gasteiger partial charge in [-0.3, -0.25) is 0 Å². The maximum Gasteiger partial charge on any atom is 0.0466 e. The molecule has 0 heterocycles. The maximum absolute atomic E-state index is 5.66. The Kier molecular flexibility index (Phi) is 30.8. The van der Waals surface area contributed by atoms with E-state index in [4.69, 9.17) is 4.74 Å². The minimum absolute atomic E-state index is 0.971. The third kappa shape index (κ3) is 25.1. The molecule has 0 radical (unpaired) electrons. The molecule has 0 spiro atoms. The lowest BCUT2D eigenvalue weighted by molar-refractivity contribution is 0.126. The van der Waals surface area contributed by atoms with Crippen molar-refractivity contribution in [3.8, 4) is 0 Å². The number of aryl methyl sites for hydroxylation is 1. The maximum atomic E-state index is 5.66. The van der Waals surface area contributed by atoms with E-state index in [1.54, 1.807) is 0 Å². The van der Waals surface area contributed by atoms with Gasteiger partial charge >= 0.3 is 0 Å². The van der Waals surface area contributed by atoms with Gasteiger partial charge in [-0.1, -0.05) is 136 Å². The van der Waals surface area contributed by atoms with Crippen molar-refractivity contribution in [1.29, 1.82) is 0 Å². The average Bonchev–Trinajstić information content (AvgIpc) is 2.79. The Bertz CT molecular complexity index is 360. The molecule has 0 bridgehead atoms. The summed E-state index contributed by atoms with van der Waals surface area (Å²) in [6.07, 6.45) is 20.4. The van der Waals surface area contributed by atoms with Crippen LogP contribution >= 0.6 is 0 Å². The summed E-state index contributed by atoms with van der Waals surface area (Å²) in [5, 5.41) is 0. The Labute approximate surface area is 185 Å². The quantitative estimate of drug-likeness (QED) is 0.220. The highest BCUT2D eigenvalue weighted by Gasteiger charge is 1.95. The van der Waals surface area contributed by atoms with Gasteiger partial charge in [0.05, 0.1) is 0 Å². The lowest BCUT2D eigenvalue weighted by Gasteiger charge is -2.05. The van der Waals surface area contributed by atoms with Crippen LogP contribution in [0.3, 0.4) is 0 Å². The largest absolute Gasteiger partial charge is 0.381 e. The first-order valence-corrected chi connectivity index (χ1v) is 13.0. The second-order valence-electron chi connectivity index (χ2n) is 7.44. The zero-order valence-electron chi connectivity index (χ0n) is 20.8. The van der Waals surface area contributed by atoms with Crippen LogP contribution in [0.15, 0.2) is 30.3 Å². The minimum atomic E-state index is 0.971. The standard InChI is InChI=1S/C24H42O.2C2H6/c1-2-3-17-22-25-23-18-12-10-8-6-4-5-7-9-11-14-19-24-20-15-13-16-21-24;2*1-2/h13,15-16,20-21H,2-12,14,17-19,22-23H2,1H3;2*1-2H3. The molecule has 0 aliphatic rings. The molecule has 0 aromatic heterocycles. The fourth-order valence-electron chi connectivity index (χ4n) is 3.33. The number of benzene rings is 1. The molecule has 0 amide bonds. The predicted molar refractivity (Wildman–Crippen MR) is 134 cm³/mol. The van der Waals surface area contributed by atoms with Gasteiger partial charge in [-0.25, -0.2) is 0 Å². The Morgan fingerprint density at radius 2 is 0.931 bits per heavy atom. The molecule has 0 N–H and O–H groups in total. The highest BCUT2D eigenvalue weighted by molar-refractivity contribution is 5.14. The fourth-order valence-corrected chi connectivity index (χ4v) is 3.33. The summed E-state index contributed by atoms with van der Waals surface area (Å²) in [6, 6.07) is 10.9. The van der Waals surface area contributed by atoms with E-state index >= 15 is 0 Å². The van der Waals surface area contributed by atoms with E-state index in [1.807, 2.05) is 27.7 Å². The van der Waals surface area contributed by atoms with Gasteiger partial charge in [-0.05, 0) is 31.2 Å². The van der Waals surface area contributed by atoms with Crippen LogP contribution in [-0.2, 0) is 11.2 Å². The van der Waals surface area contributed by atoms with Gasteiger partial charge < -0.3 is 4.74 Å². The van der Waals surface area contributed by atoms with Crippen molar-refractivity contribution in [2.24, 2.45) is 0 Å². The smallest absolute Gasteiger partial charge is 0.0466 e. The summed E-state index contributed by atoms with van der Waals surface area (Å²) in [5.74, 6) is 0. The molecule has 172 valence electrons. The molecule has 0 saturated carbocycles. The highest BCUT2D eigenvalue weighted by Crippen LogP contribution is 2.13. The monoisotopic (exact) mass is 406 g/mol. The van der Waals surface area contributed by atoms with Gasteiger partial charge in [-0.2, -0.15) is 0 Å². The van der Waals surface area contributed by atoms with E-state index in [1.165, 1.54) is 102 Å². The topological polar surface area (TPSA) is 9.23 Å². The number of hydrogen-bond acceptors (Lipinski definition) is 1. The van der Waals surface area contributed by atoms with E-state index in [9.17, 15) is 0 Å². The number of rotatable bonds is 18. The van der Waals surface area contributed by atoms with Gasteiger partial charge in [0.15, 0.2) is 0 Å². The van der Waals surface area contributed by atoms with Gasteiger partial charge in [0.1, 0.15) is 0 Å². The van der Waals surface area contributed by atoms with Crippen molar-refractivity contribution in [2.75, 3.05) is 13.2 Å². The zero-order chi connectivity index (χ0) is 21.8. The average molecular weight is 407 g/mol. The van der Waals surface area contributed by atoms with E-state index in [0.29, 0.717) is 0 Å². The van der Waals surface area contributed by atoms with Crippen LogP contribution in [0.25, 0.3) is 0 Å².